The molecule has 13 heavy (non-hydrogen) atoms. The van der Waals surface area contributed by atoms with Crippen molar-refractivity contribution in [2.75, 3.05) is 11.9 Å². The largest absolute Gasteiger partial charge is 0.365 e. The van der Waals surface area contributed by atoms with Gasteiger partial charge in [-0.3, -0.25) is 0 Å². The number of halogens is 1. The van der Waals surface area contributed by atoms with Crippen LogP contribution < -0.4 is 5.32 Å². The molecular weight excluding hydrogens is 230 g/mol. The maximum atomic E-state index is 4.12. The summed E-state index contributed by atoms with van der Waals surface area (Å²) in [5.74, 6) is 0.795. The lowest BCUT2D eigenvalue weighted by Crippen LogP contribution is -2.00. The van der Waals surface area contributed by atoms with Gasteiger partial charge in [0.1, 0.15) is 10.4 Å². The lowest BCUT2D eigenvalue weighted by Gasteiger charge is -2.00. The van der Waals surface area contributed by atoms with Gasteiger partial charge in [0, 0.05) is 6.54 Å². The molecule has 4 heteroatoms. The molecule has 1 N–H and O–H groups in total. The van der Waals surface area contributed by atoms with E-state index in [4.69, 9.17) is 0 Å². The molecule has 0 bridgehead atoms. The fourth-order valence-corrected chi connectivity index (χ4v) is 1.02. The molecule has 3 nitrogen and oxygen atoms in total. The van der Waals surface area contributed by atoms with Crippen molar-refractivity contribution in [3.05, 3.63) is 29.1 Å². The first-order valence-corrected chi connectivity index (χ1v) is 4.98. The molecule has 0 aliphatic carbocycles. The SMILES string of the molecule is CC/C=C/CNc1cnc(Br)cn1. The number of hydrogen-bond donors (Lipinski definition) is 1. The average Bonchev–Trinajstić information content (AvgIpc) is 2.15. The molecule has 0 spiro atoms. The highest BCUT2D eigenvalue weighted by Crippen LogP contribution is 2.05. The topological polar surface area (TPSA) is 37.8 Å². The number of aromatic nitrogens is 2. The average molecular weight is 242 g/mol. The van der Waals surface area contributed by atoms with Gasteiger partial charge in [-0.2, -0.15) is 0 Å². The van der Waals surface area contributed by atoms with E-state index in [2.05, 4.69) is 50.3 Å². The Morgan fingerprint density at radius 3 is 2.85 bits per heavy atom. The first-order valence-electron chi connectivity index (χ1n) is 4.19. The molecule has 0 radical (unpaired) electrons. The predicted octanol–water partition coefficient (Wildman–Crippen LogP) is 2.62. The molecule has 0 fully saturated rings. The third-order valence-corrected chi connectivity index (χ3v) is 1.83. The molecule has 0 amide bonds. The molecule has 0 saturated heterocycles. The Bertz CT molecular complexity index is 269. The molecule has 1 rings (SSSR count). The highest BCUT2D eigenvalue weighted by atomic mass is 79.9. The lowest BCUT2D eigenvalue weighted by atomic mass is 10.4. The maximum absolute atomic E-state index is 4.12. The van der Waals surface area contributed by atoms with E-state index in [-0.39, 0.29) is 0 Å². The Labute approximate surface area is 86.4 Å². The van der Waals surface area contributed by atoms with Gasteiger partial charge >= 0.3 is 0 Å². The molecule has 70 valence electrons. The fourth-order valence-electron chi connectivity index (χ4n) is 0.817. The van der Waals surface area contributed by atoms with Crippen LogP contribution in [0.4, 0.5) is 5.82 Å². The Morgan fingerprint density at radius 2 is 2.23 bits per heavy atom. The minimum Gasteiger partial charge on any atom is -0.365 e. The summed E-state index contributed by atoms with van der Waals surface area (Å²) in [6.07, 6.45) is 8.62. The summed E-state index contributed by atoms with van der Waals surface area (Å²) in [6, 6.07) is 0. The summed E-state index contributed by atoms with van der Waals surface area (Å²) in [6.45, 7) is 2.90. The quantitative estimate of drug-likeness (QED) is 0.824. The molecule has 0 aromatic carbocycles. The van der Waals surface area contributed by atoms with E-state index in [1.54, 1.807) is 12.4 Å². The molecule has 0 aliphatic rings. The second-order valence-corrected chi connectivity index (χ2v) is 3.30. The zero-order valence-electron chi connectivity index (χ0n) is 7.50. The molecule has 1 aromatic rings. The summed E-state index contributed by atoms with van der Waals surface area (Å²) in [5.41, 5.74) is 0. The van der Waals surface area contributed by atoms with Crippen LogP contribution in [0, 0.1) is 0 Å². The number of nitrogens with zero attached hydrogens (tertiary/aromatic N) is 2. The van der Waals surface area contributed by atoms with Crippen molar-refractivity contribution in [2.24, 2.45) is 0 Å². The minimum atomic E-state index is 0.752. The van der Waals surface area contributed by atoms with Gasteiger partial charge in [0.2, 0.25) is 0 Å². The first kappa shape index (κ1) is 10.2. The van der Waals surface area contributed by atoms with E-state index >= 15 is 0 Å². The van der Waals surface area contributed by atoms with Crippen LogP contribution in [-0.2, 0) is 0 Å². The van der Waals surface area contributed by atoms with Gasteiger partial charge < -0.3 is 5.32 Å². The number of nitrogens with one attached hydrogen (secondary N) is 1. The van der Waals surface area contributed by atoms with Crippen LogP contribution in [0.3, 0.4) is 0 Å². The summed E-state index contributed by atoms with van der Waals surface area (Å²) < 4.78 is 0.752. The van der Waals surface area contributed by atoms with Crippen molar-refractivity contribution in [1.82, 2.24) is 9.97 Å². The van der Waals surface area contributed by atoms with Crippen LogP contribution in [0.25, 0.3) is 0 Å². The van der Waals surface area contributed by atoms with Crippen molar-refractivity contribution in [3.63, 3.8) is 0 Å². The van der Waals surface area contributed by atoms with E-state index in [1.807, 2.05) is 0 Å². The number of hydrogen-bond acceptors (Lipinski definition) is 3. The number of allylic oxidation sites excluding steroid dienone is 1. The van der Waals surface area contributed by atoms with Gasteiger partial charge in [-0.15, -0.1) is 0 Å². The van der Waals surface area contributed by atoms with E-state index in [9.17, 15) is 0 Å². The van der Waals surface area contributed by atoms with Gasteiger partial charge in [-0.25, -0.2) is 9.97 Å². The monoisotopic (exact) mass is 241 g/mol. The van der Waals surface area contributed by atoms with E-state index in [0.29, 0.717) is 0 Å². The zero-order valence-corrected chi connectivity index (χ0v) is 9.08. The van der Waals surface area contributed by atoms with Gasteiger partial charge in [-0.05, 0) is 22.4 Å². The zero-order chi connectivity index (χ0) is 9.52. The molecule has 1 aromatic heterocycles. The highest BCUT2D eigenvalue weighted by molar-refractivity contribution is 9.10. The summed E-state index contributed by atoms with van der Waals surface area (Å²) in [5, 5.41) is 3.13. The summed E-state index contributed by atoms with van der Waals surface area (Å²) in [4.78, 5) is 8.17. The normalized spacial score (nSPS) is 10.6. The van der Waals surface area contributed by atoms with Gasteiger partial charge in [0.05, 0.1) is 12.4 Å². The Balaban J connectivity index is 2.37. The van der Waals surface area contributed by atoms with Crippen molar-refractivity contribution < 1.29 is 0 Å². The third-order valence-electron chi connectivity index (χ3n) is 1.42. The Kier molecular flexibility index (Phi) is 4.46. The maximum Gasteiger partial charge on any atom is 0.144 e. The third kappa shape index (κ3) is 4.03. The predicted molar refractivity (Wildman–Crippen MR) is 57.7 cm³/mol. The lowest BCUT2D eigenvalue weighted by molar-refractivity contribution is 1.13. The second kappa shape index (κ2) is 5.70. The van der Waals surface area contributed by atoms with Crippen LogP contribution in [0.2, 0.25) is 0 Å². The molecule has 1 heterocycles. The van der Waals surface area contributed by atoms with Crippen LogP contribution in [-0.4, -0.2) is 16.5 Å². The number of rotatable bonds is 4. The van der Waals surface area contributed by atoms with Crippen molar-refractivity contribution in [1.29, 1.82) is 0 Å². The first-order chi connectivity index (χ1) is 6.33. The van der Waals surface area contributed by atoms with Crippen molar-refractivity contribution >= 4 is 21.7 Å². The smallest absolute Gasteiger partial charge is 0.144 e. The van der Waals surface area contributed by atoms with Gasteiger partial charge in [0.25, 0.3) is 0 Å². The molecule has 0 atom stereocenters. The second-order valence-electron chi connectivity index (χ2n) is 2.48. The molecule has 0 aliphatic heterocycles. The highest BCUT2D eigenvalue weighted by Gasteiger charge is 1.91. The summed E-state index contributed by atoms with van der Waals surface area (Å²) in [7, 11) is 0. The van der Waals surface area contributed by atoms with Crippen LogP contribution in [0.5, 0.6) is 0 Å². The van der Waals surface area contributed by atoms with Gasteiger partial charge in [-0.1, -0.05) is 19.1 Å². The standard InChI is InChI=1S/C9H12BrN3/c1-2-3-4-5-11-9-7-12-8(10)6-13-9/h3-4,6-7H,2,5H2,1H3,(H,11,13)/b4-3+. The van der Waals surface area contributed by atoms with Crippen LogP contribution in [0.1, 0.15) is 13.3 Å². The van der Waals surface area contributed by atoms with E-state index in [0.717, 1.165) is 23.4 Å². The fraction of sp³-hybridized carbons (Fsp3) is 0.333. The van der Waals surface area contributed by atoms with E-state index < -0.39 is 0 Å². The molecule has 0 saturated carbocycles. The van der Waals surface area contributed by atoms with Crippen molar-refractivity contribution in [2.45, 2.75) is 13.3 Å². The van der Waals surface area contributed by atoms with Crippen LogP contribution in [0.15, 0.2) is 29.1 Å². The van der Waals surface area contributed by atoms with E-state index in [1.165, 1.54) is 0 Å². The number of anilines is 1. The van der Waals surface area contributed by atoms with Crippen molar-refractivity contribution in [3.8, 4) is 0 Å². The Morgan fingerprint density at radius 1 is 1.38 bits per heavy atom. The molecular formula is C9H12BrN3. The van der Waals surface area contributed by atoms with Gasteiger partial charge in [0.15, 0.2) is 0 Å². The Hall–Kier alpha value is -0.900. The molecule has 0 unspecified atom stereocenters. The minimum absolute atomic E-state index is 0.752. The summed E-state index contributed by atoms with van der Waals surface area (Å²) >= 11 is 3.22. The van der Waals surface area contributed by atoms with Crippen LogP contribution >= 0.6 is 15.9 Å².